The SMILES string of the molecule is Cc1ccc(S(=O)(=O)[O-])cc1.Oc1ccc2c([S+]3CCCC3)cccc2c1. The molecule has 4 nitrogen and oxygen atoms in total. The van der Waals surface area contributed by atoms with E-state index in [0.717, 1.165) is 10.9 Å². The van der Waals surface area contributed by atoms with Gasteiger partial charge in [-0.2, -0.15) is 0 Å². The van der Waals surface area contributed by atoms with Crippen molar-refractivity contribution in [3.63, 3.8) is 0 Å². The summed E-state index contributed by atoms with van der Waals surface area (Å²) >= 11 is 0. The van der Waals surface area contributed by atoms with Gasteiger partial charge in [-0.05, 0) is 61.5 Å². The number of aryl methyl sites for hydroxylation is 1. The first-order valence-corrected chi connectivity index (χ1v) is 11.7. The highest BCUT2D eigenvalue weighted by Crippen LogP contribution is 2.31. The molecule has 0 spiro atoms. The molecule has 0 amide bonds. The van der Waals surface area contributed by atoms with Crippen molar-refractivity contribution in [2.24, 2.45) is 0 Å². The Kier molecular flexibility index (Phi) is 6.09. The molecular weight excluding hydrogens is 380 g/mol. The van der Waals surface area contributed by atoms with Crippen molar-refractivity contribution in [3.8, 4) is 5.75 Å². The molecule has 0 unspecified atom stereocenters. The van der Waals surface area contributed by atoms with Crippen molar-refractivity contribution in [2.75, 3.05) is 11.5 Å². The van der Waals surface area contributed by atoms with E-state index in [-0.39, 0.29) is 4.90 Å². The molecule has 0 aliphatic carbocycles. The molecule has 1 N–H and O–H groups in total. The maximum Gasteiger partial charge on any atom is 0.162 e. The normalized spacial score (nSPS) is 14.7. The minimum atomic E-state index is -4.27. The third kappa shape index (κ3) is 5.03. The molecule has 0 bridgehead atoms. The van der Waals surface area contributed by atoms with Gasteiger partial charge in [0.1, 0.15) is 27.4 Å². The summed E-state index contributed by atoms with van der Waals surface area (Å²) in [5.74, 6) is 3.05. The summed E-state index contributed by atoms with van der Waals surface area (Å²) in [4.78, 5) is 1.32. The van der Waals surface area contributed by atoms with Gasteiger partial charge in [0.15, 0.2) is 4.90 Å². The van der Waals surface area contributed by atoms with Crippen LogP contribution in [-0.4, -0.2) is 29.6 Å². The Bertz CT molecular complexity index is 1020. The van der Waals surface area contributed by atoms with Gasteiger partial charge in [-0.25, -0.2) is 8.42 Å². The van der Waals surface area contributed by atoms with Crippen LogP contribution in [0.4, 0.5) is 0 Å². The quantitative estimate of drug-likeness (QED) is 0.514. The van der Waals surface area contributed by atoms with Gasteiger partial charge in [0.25, 0.3) is 0 Å². The third-order valence-electron chi connectivity index (χ3n) is 4.48. The van der Waals surface area contributed by atoms with Crippen LogP contribution in [0.25, 0.3) is 10.8 Å². The van der Waals surface area contributed by atoms with Crippen LogP contribution in [0.5, 0.6) is 5.75 Å². The van der Waals surface area contributed by atoms with Crippen molar-refractivity contribution < 1.29 is 18.1 Å². The van der Waals surface area contributed by atoms with Crippen LogP contribution in [0.2, 0.25) is 0 Å². The van der Waals surface area contributed by atoms with Crippen LogP contribution >= 0.6 is 0 Å². The van der Waals surface area contributed by atoms with Gasteiger partial charge in [0.2, 0.25) is 0 Å². The highest BCUT2D eigenvalue weighted by atomic mass is 32.2. The number of rotatable bonds is 2. The summed E-state index contributed by atoms with van der Waals surface area (Å²) in [6, 6.07) is 18.0. The Morgan fingerprint density at radius 3 is 2.26 bits per heavy atom. The van der Waals surface area contributed by atoms with Gasteiger partial charge in [0.05, 0.1) is 4.90 Å². The number of phenolic OH excluding ortho intramolecular Hbond substituents is 1. The predicted molar refractivity (Wildman–Crippen MR) is 109 cm³/mol. The second-order valence-corrected chi connectivity index (χ2v) is 10.2. The third-order valence-corrected chi connectivity index (χ3v) is 7.87. The fourth-order valence-corrected chi connectivity index (χ4v) is 6.06. The van der Waals surface area contributed by atoms with Crippen LogP contribution in [0.1, 0.15) is 18.4 Å². The fourth-order valence-electron chi connectivity index (χ4n) is 3.07. The first kappa shape index (κ1) is 19.7. The smallest absolute Gasteiger partial charge is 0.162 e. The van der Waals surface area contributed by atoms with Crippen molar-refractivity contribution >= 4 is 31.8 Å². The van der Waals surface area contributed by atoms with Crippen LogP contribution in [0.15, 0.2) is 70.5 Å². The molecule has 1 fully saturated rings. The van der Waals surface area contributed by atoms with Crippen LogP contribution in [0.3, 0.4) is 0 Å². The van der Waals surface area contributed by atoms with Gasteiger partial charge in [0, 0.05) is 16.3 Å². The van der Waals surface area contributed by atoms with Crippen LogP contribution in [0, 0.1) is 6.92 Å². The minimum absolute atomic E-state index is 0.178. The van der Waals surface area contributed by atoms with Crippen molar-refractivity contribution in [1.82, 2.24) is 0 Å². The first-order chi connectivity index (χ1) is 12.8. The molecule has 3 aromatic rings. The van der Waals surface area contributed by atoms with E-state index in [1.54, 1.807) is 18.2 Å². The first-order valence-electron chi connectivity index (χ1n) is 8.76. The number of hydrogen-bond donors (Lipinski definition) is 1. The summed E-state index contributed by atoms with van der Waals surface area (Å²) in [6.45, 7) is 1.82. The second-order valence-electron chi connectivity index (χ2n) is 6.54. The van der Waals surface area contributed by atoms with Crippen LogP contribution < -0.4 is 0 Å². The van der Waals surface area contributed by atoms with Gasteiger partial charge >= 0.3 is 0 Å². The van der Waals surface area contributed by atoms with Gasteiger partial charge in [-0.3, -0.25) is 0 Å². The van der Waals surface area contributed by atoms with Gasteiger partial charge < -0.3 is 9.66 Å². The maximum absolute atomic E-state index is 10.4. The topological polar surface area (TPSA) is 77.4 Å². The summed E-state index contributed by atoms with van der Waals surface area (Å²) in [6.07, 6.45) is 2.75. The lowest BCUT2D eigenvalue weighted by Crippen LogP contribution is -2.04. The molecule has 0 radical (unpaired) electrons. The number of benzene rings is 3. The lowest BCUT2D eigenvalue weighted by atomic mass is 10.1. The summed E-state index contributed by atoms with van der Waals surface area (Å²) in [5.41, 5.74) is 0.928. The standard InChI is InChI=1S/C14H14OS.C7H8O3S/c15-12-6-7-13-11(10-12)4-3-5-14(13)16-8-1-2-9-16;1-6-2-4-7(5-3-6)11(8,9)10/h3-7,10H,1-2,8-9H2;2-5H,1H3,(H,8,9,10). The Morgan fingerprint density at radius 2 is 1.63 bits per heavy atom. The van der Waals surface area contributed by atoms with Gasteiger partial charge in [-0.1, -0.05) is 29.8 Å². The minimum Gasteiger partial charge on any atom is -0.744 e. The molecule has 1 aliphatic rings. The van der Waals surface area contributed by atoms with Crippen molar-refractivity contribution in [3.05, 3.63) is 66.2 Å². The Morgan fingerprint density at radius 1 is 0.963 bits per heavy atom. The number of hydrogen-bond acceptors (Lipinski definition) is 4. The molecule has 27 heavy (non-hydrogen) atoms. The van der Waals surface area contributed by atoms with E-state index in [1.165, 1.54) is 46.8 Å². The Labute approximate surface area is 163 Å². The average molecular weight is 403 g/mol. The Balaban J connectivity index is 0.000000168. The van der Waals surface area contributed by atoms with E-state index >= 15 is 0 Å². The maximum atomic E-state index is 10.4. The molecule has 6 heteroatoms. The molecule has 142 valence electrons. The number of phenols is 1. The monoisotopic (exact) mass is 402 g/mol. The predicted octanol–water partition coefficient (Wildman–Crippen LogP) is 4.22. The van der Waals surface area contributed by atoms with Crippen molar-refractivity contribution in [2.45, 2.75) is 29.6 Å². The molecule has 0 aromatic heterocycles. The summed E-state index contributed by atoms with van der Waals surface area (Å²) in [5, 5.41) is 12.0. The molecule has 4 rings (SSSR count). The molecule has 1 heterocycles. The van der Waals surface area contributed by atoms with Crippen LogP contribution in [-0.2, 0) is 21.0 Å². The lowest BCUT2D eigenvalue weighted by Gasteiger charge is -2.05. The number of aromatic hydroxyl groups is 1. The fraction of sp³-hybridized carbons (Fsp3) is 0.238. The summed E-state index contributed by atoms with van der Waals surface area (Å²) < 4.78 is 31.2. The van der Waals surface area contributed by atoms with E-state index in [1.807, 2.05) is 13.0 Å². The zero-order chi connectivity index (χ0) is 19.4. The Hall–Kier alpha value is -2.02. The average Bonchev–Trinajstić information content (AvgIpc) is 3.15. The second kappa shape index (κ2) is 8.33. The molecular formula is C21H22O4S2. The number of fused-ring (bicyclic) bond motifs is 1. The molecule has 3 aromatic carbocycles. The summed E-state index contributed by atoms with van der Waals surface area (Å²) in [7, 11) is -3.82. The van der Waals surface area contributed by atoms with E-state index in [2.05, 4.69) is 24.3 Å². The highest BCUT2D eigenvalue weighted by Gasteiger charge is 2.28. The largest absolute Gasteiger partial charge is 0.744 e. The van der Waals surface area contributed by atoms with Crippen molar-refractivity contribution in [1.29, 1.82) is 0 Å². The molecule has 0 atom stereocenters. The van der Waals surface area contributed by atoms with Gasteiger partial charge in [-0.15, -0.1) is 0 Å². The molecule has 1 aliphatic heterocycles. The van der Waals surface area contributed by atoms with E-state index in [4.69, 9.17) is 0 Å². The lowest BCUT2D eigenvalue weighted by molar-refractivity contribution is 0.463. The van der Waals surface area contributed by atoms with E-state index < -0.39 is 10.1 Å². The molecule has 1 saturated heterocycles. The zero-order valence-corrected chi connectivity index (χ0v) is 16.7. The molecule has 0 saturated carbocycles. The van der Waals surface area contributed by atoms with E-state index in [0.29, 0.717) is 16.6 Å². The van der Waals surface area contributed by atoms with E-state index in [9.17, 15) is 18.1 Å². The zero-order valence-electron chi connectivity index (χ0n) is 15.1. The highest BCUT2D eigenvalue weighted by molar-refractivity contribution is 7.97.